The second-order valence-electron chi connectivity index (χ2n) is 19.7. The van der Waals surface area contributed by atoms with E-state index < -0.39 is 86.8 Å². The summed E-state index contributed by atoms with van der Waals surface area (Å²) in [6.45, 7) is 2.78. The van der Waals surface area contributed by atoms with Crippen LogP contribution in [-0.4, -0.2) is 140 Å². The van der Waals surface area contributed by atoms with Gasteiger partial charge in [0.05, 0.1) is 32.0 Å². The van der Waals surface area contributed by atoms with Crippen molar-refractivity contribution in [3.05, 3.63) is 24.3 Å². The number of hydrogen-bond acceptors (Lipinski definition) is 13. The summed E-state index contributed by atoms with van der Waals surface area (Å²) >= 11 is 0. The van der Waals surface area contributed by atoms with Gasteiger partial charge in [0, 0.05) is 6.42 Å². The standard InChI is InChI=1S/C54H101NO13/c1-3-5-7-9-11-13-15-17-19-20-21-22-23-24-25-27-29-31-33-35-37-43(58)42(55-46(59)38-36-34-32-30-28-26-18-16-14-12-10-8-6-4-2)41-65-53-51(64)49(62)52(45(40-57)67-53)68-54-50(63)48(61)47(60)44(39-56)66-54/h16,18,35,37,42-45,47-54,56-58,60-64H,3-15,17,19-34,36,38-41H2,1-2H3,(H,55,59)/b18-16-,37-35+. The number of allylic oxidation sites excluding steroid dienone is 3. The Labute approximate surface area is 411 Å². The molecule has 12 unspecified atom stereocenters. The lowest BCUT2D eigenvalue weighted by Crippen LogP contribution is -2.65. The van der Waals surface area contributed by atoms with Gasteiger partial charge < -0.3 is 65.1 Å². The van der Waals surface area contributed by atoms with Crippen LogP contribution in [0.5, 0.6) is 0 Å². The molecule has 12 atom stereocenters. The number of aliphatic hydroxyl groups is 8. The Kier molecular flexibility index (Phi) is 37.7. The summed E-state index contributed by atoms with van der Waals surface area (Å²) in [4.78, 5) is 13.2. The van der Waals surface area contributed by atoms with Gasteiger partial charge in [0.15, 0.2) is 12.6 Å². The molecule has 0 aliphatic carbocycles. The van der Waals surface area contributed by atoms with Crippen molar-refractivity contribution in [2.75, 3.05) is 19.8 Å². The van der Waals surface area contributed by atoms with E-state index in [9.17, 15) is 45.6 Å². The van der Waals surface area contributed by atoms with E-state index in [0.29, 0.717) is 6.42 Å². The third kappa shape index (κ3) is 27.3. The fourth-order valence-corrected chi connectivity index (χ4v) is 9.11. The molecule has 9 N–H and O–H groups in total. The molecule has 2 saturated heterocycles. The molecule has 0 saturated carbocycles. The third-order valence-corrected chi connectivity index (χ3v) is 13.6. The molecule has 0 radical (unpaired) electrons. The lowest BCUT2D eigenvalue weighted by Gasteiger charge is -2.46. The Bertz CT molecular complexity index is 1240. The Hall–Kier alpha value is -1.53. The monoisotopic (exact) mass is 972 g/mol. The van der Waals surface area contributed by atoms with Gasteiger partial charge in [-0.1, -0.05) is 192 Å². The van der Waals surface area contributed by atoms with Crippen molar-refractivity contribution < 1.29 is 64.6 Å². The molecule has 400 valence electrons. The maximum atomic E-state index is 13.2. The van der Waals surface area contributed by atoms with Crippen LogP contribution in [0.15, 0.2) is 24.3 Å². The van der Waals surface area contributed by atoms with Gasteiger partial charge in [-0.15, -0.1) is 0 Å². The maximum absolute atomic E-state index is 13.2. The molecule has 1 amide bonds. The van der Waals surface area contributed by atoms with Crippen LogP contribution < -0.4 is 5.32 Å². The van der Waals surface area contributed by atoms with E-state index in [4.69, 9.17) is 18.9 Å². The molecule has 2 heterocycles. The fraction of sp³-hybridized carbons (Fsp3) is 0.907. The molecule has 14 nitrogen and oxygen atoms in total. The molecule has 0 bridgehead atoms. The van der Waals surface area contributed by atoms with Crippen molar-refractivity contribution in [3.63, 3.8) is 0 Å². The van der Waals surface area contributed by atoms with Gasteiger partial charge >= 0.3 is 0 Å². The molecule has 68 heavy (non-hydrogen) atoms. The highest BCUT2D eigenvalue weighted by molar-refractivity contribution is 5.76. The smallest absolute Gasteiger partial charge is 0.220 e. The van der Waals surface area contributed by atoms with Crippen molar-refractivity contribution in [2.45, 2.75) is 293 Å². The number of hydrogen-bond donors (Lipinski definition) is 9. The number of aliphatic hydroxyl groups excluding tert-OH is 8. The van der Waals surface area contributed by atoms with Crippen LogP contribution in [0.1, 0.15) is 219 Å². The van der Waals surface area contributed by atoms with Crippen LogP contribution in [0.4, 0.5) is 0 Å². The molecule has 2 aliphatic rings. The van der Waals surface area contributed by atoms with Crippen LogP contribution in [0, 0.1) is 0 Å². The van der Waals surface area contributed by atoms with E-state index >= 15 is 0 Å². The molecular formula is C54H101NO13. The summed E-state index contributed by atoms with van der Waals surface area (Å²) < 4.78 is 22.7. The summed E-state index contributed by atoms with van der Waals surface area (Å²) in [5, 5.41) is 86.9. The van der Waals surface area contributed by atoms with Gasteiger partial charge in [0.1, 0.15) is 48.8 Å². The quantitative estimate of drug-likeness (QED) is 0.0208. The molecular weight excluding hydrogens is 871 g/mol. The van der Waals surface area contributed by atoms with E-state index in [1.807, 2.05) is 6.08 Å². The summed E-state index contributed by atoms with van der Waals surface area (Å²) in [5.41, 5.74) is 0. The van der Waals surface area contributed by atoms with Crippen molar-refractivity contribution >= 4 is 5.91 Å². The second kappa shape index (κ2) is 41.0. The number of ether oxygens (including phenoxy) is 4. The minimum absolute atomic E-state index is 0.247. The van der Waals surface area contributed by atoms with Gasteiger partial charge in [0.25, 0.3) is 0 Å². The SMILES string of the molecule is CCCCCCC/C=C\CCCCCCCC(=O)NC(COC1OC(CO)C(OC2OC(CO)C(O)C(O)C2O)C(O)C1O)C(O)/C=C/CCCCCCCCCCCCCCCCCCCC. The normalized spacial score (nSPS) is 26.5. The molecule has 0 spiro atoms. The van der Waals surface area contributed by atoms with Crippen molar-refractivity contribution in [3.8, 4) is 0 Å². The first-order valence-corrected chi connectivity index (χ1v) is 27.6. The lowest BCUT2D eigenvalue weighted by atomic mass is 9.97. The number of carbonyl (C=O) groups excluding carboxylic acids is 1. The van der Waals surface area contributed by atoms with E-state index in [1.54, 1.807) is 6.08 Å². The predicted octanol–water partition coefficient (Wildman–Crippen LogP) is 8.11. The Morgan fingerprint density at radius 2 is 0.926 bits per heavy atom. The van der Waals surface area contributed by atoms with Crippen LogP contribution in [-0.2, 0) is 23.7 Å². The summed E-state index contributed by atoms with van der Waals surface area (Å²) in [6, 6.07) is -0.916. The summed E-state index contributed by atoms with van der Waals surface area (Å²) in [7, 11) is 0. The van der Waals surface area contributed by atoms with Crippen LogP contribution >= 0.6 is 0 Å². The van der Waals surface area contributed by atoms with E-state index in [2.05, 4.69) is 31.3 Å². The summed E-state index contributed by atoms with van der Waals surface area (Å²) in [5.74, 6) is -0.247. The first-order valence-electron chi connectivity index (χ1n) is 27.6. The third-order valence-electron chi connectivity index (χ3n) is 13.6. The van der Waals surface area contributed by atoms with E-state index in [0.717, 1.165) is 57.8 Å². The highest BCUT2D eigenvalue weighted by Gasteiger charge is 2.51. The van der Waals surface area contributed by atoms with Gasteiger partial charge in [-0.2, -0.15) is 0 Å². The molecule has 0 aromatic heterocycles. The molecule has 2 aliphatic heterocycles. The molecule has 2 fully saturated rings. The number of carbonyl (C=O) groups is 1. The molecule has 14 heteroatoms. The van der Waals surface area contributed by atoms with Crippen LogP contribution in [0.2, 0.25) is 0 Å². The number of amides is 1. The van der Waals surface area contributed by atoms with Crippen molar-refractivity contribution in [1.82, 2.24) is 5.32 Å². The zero-order valence-electron chi connectivity index (χ0n) is 42.6. The van der Waals surface area contributed by atoms with Crippen LogP contribution in [0.3, 0.4) is 0 Å². The number of unbranched alkanes of at least 4 members (excludes halogenated alkanes) is 28. The zero-order valence-corrected chi connectivity index (χ0v) is 42.6. The zero-order chi connectivity index (χ0) is 49.6. The summed E-state index contributed by atoms with van der Waals surface area (Å²) in [6.07, 6.45) is 29.3. The van der Waals surface area contributed by atoms with Gasteiger partial charge in [-0.3, -0.25) is 4.79 Å². The Morgan fingerprint density at radius 1 is 0.515 bits per heavy atom. The highest BCUT2D eigenvalue weighted by Crippen LogP contribution is 2.30. The first kappa shape index (κ1) is 62.6. The highest BCUT2D eigenvalue weighted by atomic mass is 16.7. The maximum Gasteiger partial charge on any atom is 0.220 e. The average molecular weight is 972 g/mol. The van der Waals surface area contributed by atoms with Crippen molar-refractivity contribution in [2.24, 2.45) is 0 Å². The molecule has 2 rings (SSSR count). The lowest BCUT2D eigenvalue weighted by molar-refractivity contribution is -0.359. The number of nitrogens with one attached hydrogen (secondary N) is 1. The van der Waals surface area contributed by atoms with Gasteiger partial charge in [0.2, 0.25) is 5.91 Å². The Morgan fingerprint density at radius 3 is 1.40 bits per heavy atom. The fourth-order valence-electron chi connectivity index (χ4n) is 9.11. The molecule has 0 aromatic carbocycles. The minimum Gasteiger partial charge on any atom is -0.394 e. The van der Waals surface area contributed by atoms with Gasteiger partial charge in [-0.05, 0) is 44.9 Å². The minimum atomic E-state index is -1.79. The van der Waals surface area contributed by atoms with E-state index in [1.165, 1.54) is 135 Å². The average Bonchev–Trinajstić information content (AvgIpc) is 3.34. The molecule has 0 aromatic rings. The van der Waals surface area contributed by atoms with E-state index in [-0.39, 0.29) is 18.9 Å². The topological polar surface area (TPSA) is 228 Å². The first-order chi connectivity index (χ1) is 33.1. The van der Waals surface area contributed by atoms with Crippen LogP contribution in [0.25, 0.3) is 0 Å². The largest absolute Gasteiger partial charge is 0.394 e. The Balaban J connectivity index is 1.81. The second-order valence-corrected chi connectivity index (χ2v) is 19.7. The van der Waals surface area contributed by atoms with Crippen molar-refractivity contribution in [1.29, 1.82) is 0 Å². The predicted molar refractivity (Wildman–Crippen MR) is 268 cm³/mol. The number of rotatable bonds is 43. The van der Waals surface area contributed by atoms with Gasteiger partial charge in [-0.25, -0.2) is 0 Å².